The van der Waals surface area contributed by atoms with E-state index in [-0.39, 0.29) is 6.61 Å². The van der Waals surface area contributed by atoms with Crippen molar-refractivity contribution in [3.05, 3.63) is 0 Å². The zero-order valence-electron chi connectivity index (χ0n) is 14.7. The van der Waals surface area contributed by atoms with Gasteiger partial charge in [-0.15, -0.1) is 0 Å². The van der Waals surface area contributed by atoms with Crippen LogP contribution in [0.4, 0.5) is 4.79 Å². The highest BCUT2D eigenvalue weighted by Crippen LogP contribution is 2.29. The molecule has 0 aromatic carbocycles. The molecule has 1 amide bonds. The van der Waals surface area contributed by atoms with E-state index < -0.39 is 6.09 Å². The Balaban J connectivity index is 1.99. The average molecular weight is 330 g/mol. The van der Waals surface area contributed by atoms with Gasteiger partial charge in [-0.3, -0.25) is 0 Å². The van der Waals surface area contributed by atoms with Gasteiger partial charge in [-0.1, -0.05) is 0 Å². The minimum atomic E-state index is -0.833. The highest BCUT2D eigenvalue weighted by Gasteiger charge is 2.23. The lowest BCUT2D eigenvalue weighted by Gasteiger charge is -2.30. The predicted octanol–water partition coefficient (Wildman–Crippen LogP) is 2.12. The van der Waals surface area contributed by atoms with Crippen LogP contribution in [-0.4, -0.2) is 79.7 Å². The van der Waals surface area contributed by atoms with Crippen LogP contribution in [0.15, 0.2) is 0 Å². The second-order valence-electron chi connectivity index (χ2n) is 6.86. The molecular weight excluding hydrogens is 296 g/mol. The Morgan fingerprint density at radius 3 is 2.35 bits per heavy atom. The fourth-order valence-corrected chi connectivity index (χ4v) is 3.16. The Morgan fingerprint density at radius 2 is 1.74 bits per heavy atom. The topological polar surface area (TPSA) is 73.2 Å². The Hall–Kier alpha value is -0.850. The maximum absolute atomic E-state index is 10.8. The third-order valence-electron chi connectivity index (χ3n) is 4.74. The van der Waals surface area contributed by atoms with E-state index in [0.29, 0.717) is 18.4 Å². The number of amides is 1. The van der Waals surface area contributed by atoms with Gasteiger partial charge in [0.2, 0.25) is 0 Å². The first kappa shape index (κ1) is 20.2. The number of aliphatic hydroxyl groups is 1. The van der Waals surface area contributed by atoms with Crippen LogP contribution in [-0.2, 0) is 4.74 Å². The number of carbonyl (C=O) groups is 1. The summed E-state index contributed by atoms with van der Waals surface area (Å²) in [5, 5.41) is 17.7. The number of hydrogen-bond donors (Lipinski definition) is 2. The van der Waals surface area contributed by atoms with Crippen LogP contribution in [0.1, 0.15) is 38.5 Å². The van der Waals surface area contributed by atoms with Gasteiger partial charge in [0.25, 0.3) is 0 Å². The summed E-state index contributed by atoms with van der Waals surface area (Å²) in [6.07, 6.45) is 5.85. The van der Waals surface area contributed by atoms with E-state index in [0.717, 1.165) is 64.8 Å². The van der Waals surface area contributed by atoms with Gasteiger partial charge in [0.15, 0.2) is 0 Å². The Kier molecular flexibility index (Phi) is 10.2. The highest BCUT2D eigenvalue weighted by molar-refractivity contribution is 5.64. The first-order chi connectivity index (χ1) is 11.0. The lowest BCUT2D eigenvalue weighted by atomic mass is 9.82. The molecule has 0 unspecified atom stereocenters. The van der Waals surface area contributed by atoms with Crippen molar-refractivity contribution in [3.8, 4) is 0 Å². The van der Waals surface area contributed by atoms with Gasteiger partial charge in [-0.2, -0.15) is 0 Å². The van der Waals surface area contributed by atoms with Crippen molar-refractivity contribution >= 4 is 6.09 Å². The molecule has 136 valence electrons. The first-order valence-corrected chi connectivity index (χ1v) is 8.84. The molecule has 0 bridgehead atoms. The van der Waals surface area contributed by atoms with Crippen molar-refractivity contribution < 1.29 is 19.7 Å². The number of aliphatic hydroxyl groups excluding tert-OH is 1. The van der Waals surface area contributed by atoms with Crippen LogP contribution in [0.25, 0.3) is 0 Å². The van der Waals surface area contributed by atoms with Gasteiger partial charge >= 0.3 is 6.09 Å². The van der Waals surface area contributed by atoms with Crippen molar-refractivity contribution in [1.82, 2.24) is 9.80 Å². The Bertz CT molecular complexity index is 320. The normalized spacial score (nSPS) is 21.6. The molecule has 6 heteroatoms. The van der Waals surface area contributed by atoms with Crippen LogP contribution in [0, 0.1) is 11.8 Å². The minimum Gasteiger partial charge on any atom is -0.465 e. The molecule has 6 nitrogen and oxygen atoms in total. The van der Waals surface area contributed by atoms with Crippen molar-refractivity contribution in [3.63, 3.8) is 0 Å². The quantitative estimate of drug-likeness (QED) is 0.568. The SMILES string of the molecule is CN(CCO)CCCCOCC1CCC(CN(C)C(=O)O)CC1. The van der Waals surface area contributed by atoms with Crippen LogP contribution in [0.2, 0.25) is 0 Å². The number of carboxylic acid groups (broad SMARTS) is 1. The fourth-order valence-electron chi connectivity index (χ4n) is 3.16. The molecule has 0 aliphatic heterocycles. The van der Waals surface area contributed by atoms with E-state index in [1.54, 1.807) is 7.05 Å². The number of nitrogens with zero attached hydrogens (tertiary/aromatic N) is 2. The van der Waals surface area contributed by atoms with Crippen LogP contribution < -0.4 is 0 Å². The molecule has 0 heterocycles. The lowest BCUT2D eigenvalue weighted by molar-refractivity contribution is 0.0702. The molecule has 1 rings (SSSR count). The standard InChI is InChI=1S/C17H34N2O4/c1-18(10-11-20)9-3-4-12-23-14-16-7-5-15(6-8-16)13-19(2)17(21)22/h15-16,20H,3-14H2,1-2H3,(H,21,22). The Labute approximate surface area is 140 Å². The van der Waals surface area contributed by atoms with E-state index in [2.05, 4.69) is 4.90 Å². The van der Waals surface area contributed by atoms with Gasteiger partial charge in [0.05, 0.1) is 6.61 Å². The molecule has 0 atom stereocenters. The van der Waals surface area contributed by atoms with Crippen molar-refractivity contribution in [2.45, 2.75) is 38.5 Å². The summed E-state index contributed by atoms with van der Waals surface area (Å²) in [4.78, 5) is 14.4. The van der Waals surface area contributed by atoms with Gasteiger partial charge in [-0.25, -0.2) is 4.79 Å². The zero-order chi connectivity index (χ0) is 17.1. The molecule has 2 N–H and O–H groups in total. The maximum Gasteiger partial charge on any atom is 0.407 e. The average Bonchev–Trinajstić information content (AvgIpc) is 2.52. The van der Waals surface area contributed by atoms with E-state index in [1.807, 2.05) is 7.05 Å². The summed E-state index contributed by atoms with van der Waals surface area (Å²) >= 11 is 0. The summed E-state index contributed by atoms with van der Waals surface area (Å²) in [7, 11) is 3.67. The largest absolute Gasteiger partial charge is 0.465 e. The van der Waals surface area contributed by atoms with Gasteiger partial charge in [0, 0.05) is 33.4 Å². The third kappa shape index (κ3) is 9.13. The van der Waals surface area contributed by atoms with E-state index >= 15 is 0 Å². The first-order valence-electron chi connectivity index (χ1n) is 8.84. The molecular formula is C17H34N2O4. The molecule has 0 spiro atoms. The van der Waals surface area contributed by atoms with Crippen LogP contribution >= 0.6 is 0 Å². The molecule has 1 aliphatic carbocycles. The zero-order valence-corrected chi connectivity index (χ0v) is 14.7. The van der Waals surface area contributed by atoms with Gasteiger partial charge < -0.3 is 24.7 Å². The number of unbranched alkanes of at least 4 members (excludes halogenated alkanes) is 1. The van der Waals surface area contributed by atoms with E-state index in [1.165, 1.54) is 4.90 Å². The van der Waals surface area contributed by atoms with Crippen molar-refractivity contribution in [2.24, 2.45) is 11.8 Å². The number of rotatable bonds is 11. The molecule has 0 saturated heterocycles. The lowest BCUT2D eigenvalue weighted by Crippen LogP contribution is -2.32. The molecule has 1 fully saturated rings. The summed E-state index contributed by atoms with van der Waals surface area (Å²) in [6, 6.07) is 0. The number of ether oxygens (including phenoxy) is 1. The summed E-state index contributed by atoms with van der Waals surface area (Å²) in [5.74, 6) is 1.15. The summed E-state index contributed by atoms with van der Waals surface area (Å²) in [6.45, 7) is 4.28. The van der Waals surface area contributed by atoms with Crippen LogP contribution in [0.5, 0.6) is 0 Å². The molecule has 1 aliphatic rings. The maximum atomic E-state index is 10.8. The Morgan fingerprint density at radius 1 is 1.09 bits per heavy atom. The van der Waals surface area contributed by atoms with E-state index in [4.69, 9.17) is 14.9 Å². The van der Waals surface area contributed by atoms with Gasteiger partial charge in [-0.05, 0) is 64.0 Å². The monoisotopic (exact) mass is 330 g/mol. The van der Waals surface area contributed by atoms with Crippen molar-refractivity contribution in [1.29, 1.82) is 0 Å². The van der Waals surface area contributed by atoms with E-state index in [9.17, 15) is 4.79 Å². The summed E-state index contributed by atoms with van der Waals surface area (Å²) in [5.41, 5.74) is 0. The highest BCUT2D eigenvalue weighted by atomic mass is 16.5. The summed E-state index contributed by atoms with van der Waals surface area (Å²) < 4.78 is 5.80. The number of hydrogen-bond acceptors (Lipinski definition) is 4. The number of likely N-dealkylation sites (N-methyl/N-ethyl adjacent to an activating group) is 1. The minimum absolute atomic E-state index is 0.220. The van der Waals surface area contributed by atoms with Crippen LogP contribution in [0.3, 0.4) is 0 Å². The molecule has 1 saturated carbocycles. The predicted molar refractivity (Wildman–Crippen MR) is 90.7 cm³/mol. The van der Waals surface area contributed by atoms with Gasteiger partial charge in [0.1, 0.15) is 0 Å². The molecule has 0 radical (unpaired) electrons. The van der Waals surface area contributed by atoms with Crippen molar-refractivity contribution in [2.75, 3.05) is 53.6 Å². The molecule has 23 heavy (non-hydrogen) atoms. The third-order valence-corrected chi connectivity index (χ3v) is 4.74. The molecule has 0 aromatic heterocycles. The smallest absolute Gasteiger partial charge is 0.407 e. The molecule has 0 aromatic rings. The second-order valence-corrected chi connectivity index (χ2v) is 6.86. The second kappa shape index (κ2) is 11.6. The fraction of sp³-hybridized carbons (Fsp3) is 0.941.